The zero-order valence-corrected chi connectivity index (χ0v) is 18.2. The molecule has 1 atom stereocenters. The Morgan fingerprint density at radius 1 is 0.630 bits per heavy atom. The van der Waals surface area contributed by atoms with E-state index in [1.54, 1.807) is 6.92 Å². The zero-order valence-electron chi connectivity index (χ0n) is 18.2. The van der Waals surface area contributed by atoms with Crippen molar-refractivity contribution in [2.24, 2.45) is 0 Å². The summed E-state index contributed by atoms with van der Waals surface area (Å²) in [6.07, 6.45) is 17.1. The molecule has 0 aromatic rings. The summed E-state index contributed by atoms with van der Waals surface area (Å²) < 4.78 is 10.5. The highest BCUT2D eigenvalue weighted by atomic mass is 16.6. The first-order chi connectivity index (χ1) is 13.1. The van der Waals surface area contributed by atoms with Gasteiger partial charge in [-0.3, -0.25) is 9.59 Å². The van der Waals surface area contributed by atoms with Crippen molar-refractivity contribution in [3.05, 3.63) is 0 Å². The fourth-order valence-electron chi connectivity index (χ4n) is 3.05. The second-order valence-corrected chi connectivity index (χ2v) is 7.73. The van der Waals surface area contributed by atoms with Crippen LogP contribution in [0, 0.1) is 0 Å². The normalized spacial score (nSPS) is 12.0. The van der Waals surface area contributed by atoms with E-state index in [9.17, 15) is 9.59 Å². The molecule has 0 N–H and O–H groups in total. The molecule has 0 saturated carbocycles. The smallest absolute Gasteiger partial charge is 0.306 e. The zero-order chi connectivity index (χ0) is 20.2. The van der Waals surface area contributed by atoms with Crippen LogP contribution in [0.1, 0.15) is 124 Å². The van der Waals surface area contributed by atoms with E-state index in [1.165, 1.54) is 64.2 Å². The van der Waals surface area contributed by atoms with Gasteiger partial charge in [-0.1, -0.05) is 90.9 Å². The lowest BCUT2D eigenvalue weighted by molar-refractivity contribution is -0.158. The maximum absolute atomic E-state index is 11.8. The molecule has 0 amide bonds. The topological polar surface area (TPSA) is 52.6 Å². The van der Waals surface area contributed by atoms with Crippen LogP contribution in [0.5, 0.6) is 0 Å². The summed E-state index contributed by atoms with van der Waals surface area (Å²) in [4.78, 5) is 23.5. The highest BCUT2D eigenvalue weighted by Gasteiger charge is 2.12. The van der Waals surface area contributed by atoms with Gasteiger partial charge in [0.25, 0.3) is 0 Å². The van der Waals surface area contributed by atoms with Crippen molar-refractivity contribution in [1.29, 1.82) is 0 Å². The number of unbranched alkanes of at least 4 members (excludes halogenated alkanes) is 12. The molecule has 4 nitrogen and oxygen atoms in total. The summed E-state index contributed by atoms with van der Waals surface area (Å²) in [7, 11) is 0. The summed E-state index contributed by atoms with van der Waals surface area (Å²) in [6, 6.07) is 0. The van der Waals surface area contributed by atoms with Crippen molar-refractivity contribution in [3.63, 3.8) is 0 Å². The Balaban J connectivity index is 3.50. The number of ether oxygens (including phenoxy) is 2. The highest BCUT2D eigenvalue weighted by Crippen LogP contribution is 2.11. The van der Waals surface area contributed by atoms with Crippen LogP contribution in [0.3, 0.4) is 0 Å². The van der Waals surface area contributed by atoms with Gasteiger partial charge in [0.1, 0.15) is 12.7 Å². The molecule has 0 aliphatic carbocycles. The predicted molar refractivity (Wildman–Crippen MR) is 112 cm³/mol. The van der Waals surface area contributed by atoms with E-state index >= 15 is 0 Å². The van der Waals surface area contributed by atoms with Gasteiger partial charge in [0.05, 0.1) is 0 Å². The molecule has 160 valence electrons. The minimum Gasteiger partial charge on any atom is -0.462 e. The Morgan fingerprint density at radius 3 is 1.52 bits per heavy atom. The highest BCUT2D eigenvalue weighted by molar-refractivity contribution is 5.70. The average molecular weight is 385 g/mol. The summed E-state index contributed by atoms with van der Waals surface area (Å²) in [6.45, 7) is 6.37. The van der Waals surface area contributed by atoms with Crippen molar-refractivity contribution in [3.8, 4) is 0 Å². The van der Waals surface area contributed by atoms with E-state index in [0.717, 1.165) is 25.7 Å². The van der Waals surface area contributed by atoms with Crippen LogP contribution in [0.2, 0.25) is 0 Å². The van der Waals surface area contributed by atoms with E-state index in [0.29, 0.717) is 12.8 Å². The van der Waals surface area contributed by atoms with Gasteiger partial charge in [0, 0.05) is 12.8 Å². The summed E-state index contributed by atoms with van der Waals surface area (Å²) in [5.74, 6) is -0.364. The van der Waals surface area contributed by atoms with Crippen molar-refractivity contribution in [2.45, 2.75) is 130 Å². The van der Waals surface area contributed by atoms with Gasteiger partial charge in [-0.05, 0) is 19.8 Å². The number of esters is 2. The van der Waals surface area contributed by atoms with Crippen LogP contribution in [0.4, 0.5) is 0 Å². The summed E-state index contributed by atoms with van der Waals surface area (Å²) in [5, 5.41) is 0. The third kappa shape index (κ3) is 19.5. The van der Waals surface area contributed by atoms with Gasteiger partial charge in [-0.15, -0.1) is 0 Å². The van der Waals surface area contributed by atoms with E-state index < -0.39 is 0 Å². The lowest BCUT2D eigenvalue weighted by Crippen LogP contribution is -2.22. The van der Waals surface area contributed by atoms with Gasteiger partial charge < -0.3 is 9.47 Å². The summed E-state index contributed by atoms with van der Waals surface area (Å²) >= 11 is 0. The van der Waals surface area contributed by atoms with Crippen LogP contribution in [-0.2, 0) is 19.1 Å². The second kappa shape index (κ2) is 19.7. The molecule has 4 heteroatoms. The molecule has 0 aliphatic heterocycles. The monoisotopic (exact) mass is 384 g/mol. The molecule has 0 aromatic carbocycles. The molecule has 0 saturated heterocycles. The lowest BCUT2D eigenvalue weighted by atomic mass is 10.1. The quantitative estimate of drug-likeness (QED) is 0.183. The van der Waals surface area contributed by atoms with Crippen molar-refractivity contribution in [2.75, 3.05) is 6.61 Å². The molecule has 0 fully saturated rings. The van der Waals surface area contributed by atoms with E-state index in [4.69, 9.17) is 9.47 Å². The molecule has 0 radical (unpaired) electrons. The maximum Gasteiger partial charge on any atom is 0.306 e. The average Bonchev–Trinajstić information content (AvgIpc) is 2.65. The largest absolute Gasteiger partial charge is 0.462 e. The van der Waals surface area contributed by atoms with E-state index in [1.807, 2.05) is 0 Å². The molecule has 27 heavy (non-hydrogen) atoms. The Bertz CT molecular complexity index is 354. The standard InChI is InChI=1S/C23H44O4/c1-4-6-8-10-12-13-15-16-18-22(24)26-20-21(3)27-23(25)19-17-14-11-9-7-5-2/h21H,4-20H2,1-3H3/t21-/m0/s1. The van der Waals surface area contributed by atoms with Gasteiger partial charge in [0.2, 0.25) is 0 Å². The predicted octanol–water partition coefficient (Wildman–Crippen LogP) is 6.74. The van der Waals surface area contributed by atoms with E-state index in [2.05, 4.69) is 13.8 Å². The fraction of sp³-hybridized carbons (Fsp3) is 0.913. The molecule has 0 bridgehead atoms. The van der Waals surface area contributed by atoms with Crippen molar-refractivity contribution in [1.82, 2.24) is 0 Å². The molecule has 0 heterocycles. The Kier molecular flexibility index (Phi) is 18.9. The number of carbonyl (C=O) groups is 2. The van der Waals surface area contributed by atoms with Gasteiger partial charge in [-0.25, -0.2) is 0 Å². The van der Waals surface area contributed by atoms with Gasteiger partial charge >= 0.3 is 11.9 Å². The SMILES string of the molecule is CCCCCCCCCCC(=O)OC[C@H](C)OC(=O)CCCCCCCC. The Hall–Kier alpha value is -1.06. The number of carbonyl (C=O) groups excluding carboxylic acids is 2. The Morgan fingerprint density at radius 2 is 1.04 bits per heavy atom. The first kappa shape index (κ1) is 25.9. The van der Waals surface area contributed by atoms with Gasteiger partial charge in [-0.2, -0.15) is 0 Å². The number of hydrogen-bond donors (Lipinski definition) is 0. The van der Waals surface area contributed by atoms with Crippen LogP contribution in [-0.4, -0.2) is 24.6 Å². The number of hydrogen-bond acceptors (Lipinski definition) is 4. The third-order valence-electron chi connectivity index (χ3n) is 4.78. The molecular weight excluding hydrogens is 340 g/mol. The van der Waals surface area contributed by atoms with Crippen LogP contribution in [0.15, 0.2) is 0 Å². The first-order valence-electron chi connectivity index (χ1n) is 11.4. The Labute approximate surface area is 167 Å². The lowest BCUT2D eigenvalue weighted by Gasteiger charge is -2.13. The van der Waals surface area contributed by atoms with Crippen molar-refractivity contribution >= 4 is 11.9 Å². The minimum atomic E-state index is -0.361. The second-order valence-electron chi connectivity index (χ2n) is 7.73. The van der Waals surface area contributed by atoms with Crippen LogP contribution in [0.25, 0.3) is 0 Å². The van der Waals surface area contributed by atoms with Crippen LogP contribution >= 0.6 is 0 Å². The molecule has 0 aromatic heterocycles. The van der Waals surface area contributed by atoms with Crippen LogP contribution < -0.4 is 0 Å². The molecular formula is C23H44O4. The van der Waals surface area contributed by atoms with Gasteiger partial charge in [0.15, 0.2) is 0 Å². The molecule has 0 unspecified atom stereocenters. The first-order valence-corrected chi connectivity index (χ1v) is 11.4. The molecule has 0 aliphatic rings. The minimum absolute atomic E-state index is 0.165. The molecule has 0 spiro atoms. The molecule has 0 rings (SSSR count). The van der Waals surface area contributed by atoms with E-state index in [-0.39, 0.29) is 24.6 Å². The summed E-state index contributed by atoms with van der Waals surface area (Å²) in [5.41, 5.74) is 0. The fourth-order valence-corrected chi connectivity index (χ4v) is 3.05. The maximum atomic E-state index is 11.8. The van der Waals surface area contributed by atoms with Crippen molar-refractivity contribution < 1.29 is 19.1 Å². The number of rotatable bonds is 19. The third-order valence-corrected chi connectivity index (χ3v) is 4.78.